The first-order valence-corrected chi connectivity index (χ1v) is 10.4. The van der Waals surface area contributed by atoms with Crippen LogP contribution in [0.5, 0.6) is 5.75 Å². The van der Waals surface area contributed by atoms with Crippen LogP contribution < -0.4 is 9.64 Å². The highest BCUT2D eigenvalue weighted by Crippen LogP contribution is 2.29. The van der Waals surface area contributed by atoms with Crippen LogP contribution in [0.15, 0.2) is 65.3 Å². The number of benzene rings is 2. The maximum absolute atomic E-state index is 12.6. The zero-order valence-corrected chi connectivity index (χ0v) is 17.4. The molecule has 3 aromatic rings. The smallest absolute Gasteiger partial charge is 0.387 e. The highest BCUT2D eigenvalue weighted by atomic mass is 19.3. The number of para-hydroxylation sites is 1. The molecule has 0 N–H and O–H groups in total. The fourth-order valence-corrected chi connectivity index (χ4v) is 3.74. The molecule has 5 rings (SSSR count). The first kappa shape index (κ1) is 21.0. The number of ether oxygens (including phenoxy) is 3. The summed E-state index contributed by atoms with van der Waals surface area (Å²) in [6.45, 7) is -0.421. The highest BCUT2D eigenvalue weighted by molar-refractivity contribution is 6.13. The molecule has 0 amide bonds. The zero-order chi connectivity index (χ0) is 22.8. The number of aliphatic imine (C=N–C) groups is 1. The van der Waals surface area contributed by atoms with Crippen molar-refractivity contribution in [1.82, 2.24) is 4.98 Å². The second-order valence-corrected chi connectivity index (χ2v) is 7.44. The molecule has 7 nitrogen and oxygen atoms in total. The Morgan fingerprint density at radius 3 is 2.70 bits per heavy atom. The lowest BCUT2D eigenvalue weighted by Crippen LogP contribution is -2.37. The third-order valence-corrected chi connectivity index (χ3v) is 5.26. The molecule has 3 heterocycles. The molecule has 9 heteroatoms. The number of hydrogen-bond acceptors (Lipinski definition) is 7. The molecule has 0 saturated carbocycles. The summed E-state index contributed by atoms with van der Waals surface area (Å²) in [6, 6.07) is 15.5. The number of anilines is 1. The largest absolute Gasteiger partial charge is 0.435 e. The highest BCUT2D eigenvalue weighted by Gasteiger charge is 2.26. The minimum Gasteiger partial charge on any atom is -0.435 e. The molecule has 0 atom stereocenters. The summed E-state index contributed by atoms with van der Waals surface area (Å²) in [4.78, 5) is 23.8. The Hall–Kier alpha value is -3.85. The number of hydrogen-bond donors (Lipinski definition) is 0. The Labute approximate surface area is 187 Å². The molecule has 33 heavy (non-hydrogen) atoms. The van der Waals surface area contributed by atoms with Gasteiger partial charge in [0.2, 0.25) is 5.90 Å². The van der Waals surface area contributed by atoms with Crippen LogP contribution in [-0.4, -0.2) is 49.8 Å². The van der Waals surface area contributed by atoms with E-state index >= 15 is 0 Å². The Bertz CT molecular complexity index is 1270. The van der Waals surface area contributed by atoms with Crippen LogP contribution in [0.1, 0.15) is 11.1 Å². The first-order chi connectivity index (χ1) is 16.1. The number of carbonyl (C=O) groups excluding carboxylic acids is 1. The number of morpholine rings is 1. The molecule has 2 aliphatic rings. The number of rotatable bonds is 5. The lowest BCUT2D eigenvalue weighted by molar-refractivity contribution is -0.129. The number of aromatic nitrogens is 1. The Morgan fingerprint density at radius 1 is 1.06 bits per heavy atom. The molecular formula is C24H19F2N3O4. The van der Waals surface area contributed by atoms with E-state index in [9.17, 15) is 13.6 Å². The summed E-state index contributed by atoms with van der Waals surface area (Å²) < 4.78 is 40.3. The number of nitrogens with zero attached hydrogens (tertiary/aromatic N) is 3. The number of halogens is 2. The number of carbonyl (C=O) groups is 1. The minimum absolute atomic E-state index is 0.0210. The number of cyclic esters (lactones) is 1. The average molecular weight is 451 g/mol. The van der Waals surface area contributed by atoms with Gasteiger partial charge in [0.15, 0.2) is 5.70 Å². The zero-order valence-electron chi connectivity index (χ0n) is 17.4. The summed E-state index contributed by atoms with van der Waals surface area (Å²) in [5, 5.41) is 0.925. The number of esters is 1. The van der Waals surface area contributed by atoms with Crippen LogP contribution in [-0.2, 0) is 14.3 Å². The molecule has 0 unspecified atom stereocenters. The molecule has 1 saturated heterocycles. The van der Waals surface area contributed by atoms with Crippen LogP contribution in [0.3, 0.4) is 0 Å². The van der Waals surface area contributed by atoms with Crippen LogP contribution in [0.25, 0.3) is 17.0 Å². The van der Waals surface area contributed by atoms with Gasteiger partial charge in [-0.1, -0.05) is 24.3 Å². The topological polar surface area (TPSA) is 73.2 Å². The number of fused-ring (bicyclic) bond motifs is 1. The third kappa shape index (κ3) is 4.54. The Morgan fingerprint density at radius 2 is 1.88 bits per heavy atom. The van der Waals surface area contributed by atoms with Gasteiger partial charge in [0, 0.05) is 29.6 Å². The van der Waals surface area contributed by atoms with E-state index in [2.05, 4.69) is 14.6 Å². The maximum Gasteiger partial charge on any atom is 0.387 e. The lowest BCUT2D eigenvalue weighted by atomic mass is 10.1. The molecule has 0 spiro atoms. The fourth-order valence-electron chi connectivity index (χ4n) is 3.74. The van der Waals surface area contributed by atoms with Gasteiger partial charge in [-0.3, -0.25) is 0 Å². The van der Waals surface area contributed by atoms with E-state index < -0.39 is 12.6 Å². The monoisotopic (exact) mass is 451 g/mol. The van der Waals surface area contributed by atoms with Gasteiger partial charge >= 0.3 is 12.6 Å². The summed E-state index contributed by atoms with van der Waals surface area (Å²) >= 11 is 0. The standard InChI is InChI=1S/C24H19F2N3O4/c25-24(26)32-18-6-3-5-16(13-18)22-28-20(23(30)33-22)14-17-12-15-4-1-2-7-19(15)27-21(17)29-8-10-31-11-9-29/h1-7,12-14,24H,8-11H2/b20-14-. The van der Waals surface area contributed by atoms with E-state index in [4.69, 9.17) is 14.5 Å². The second-order valence-electron chi connectivity index (χ2n) is 7.44. The molecule has 1 fully saturated rings. The third-order valence-electron chi connectivity index (χ3n) is 5.26. The van der Waals surface area contributed by atoms with Crippen molar-refractivity contribution in [1.29, 1.82) is 0 Å². The van der Waals surface area contributed by atoms with Gasteiger partial charge < -0.3 is 19.1 Å². The minimum atomic E-state index is -2.96. The van der Waals surface area contributed by atoms with Crippen LogP contribution >= 0.6 is 0 Å². The predicted molar refractivity (Wildman–Crippen MR) is 118 cm³/mol. The SMILES string of the molecule is O=C1OC(c2cccc(OC(F)F)c2)=N/C1=C\c1cc2ccccc2nc1N1CCOCC1. The number of pyridine rings is 1. The van der Waals surface area contributed by atoms with Crippen LogP contribution in [0.4, 0.5) is 14.6 Å². The van der Waals surface area contributed by atoms with Gasteiger partial charge in [-0.05, 0) is 36.4 Å². The van der Waals surface area contributed by atoms with Crippen molar-refractivity contribution < 1.29 is 27.8 Å². The Kier molecular flexibility index (Phi) is 5.70. The molecule has 0 bridgehead atoms. The molecule has 2 aromatic carbocycles. The summed E-state index contributed by atoms with van der Waals surface area (Å²) in [7, 11) is 0. The average Bonchev–Trinajstić information content (AvgIpc) is 3.19. The van der Waals surface area contributed by atoms with Crippen molar-refractivity contribution in [2.45, 2.75) is 6.61 Å². The fraction of sp³-hybridized carbons (Fsp3) is 0.208. The van der Waals surface area contributed by atoms with Crippen LogP contribution in [0, 0.1) is 0 Å². The maximum atomic E-state index is 12.6. The van der Waals surface area contributed by atoms with E-state index in [0.29, 0.717) is 31.9 Å². The van der Waals surface area contributed by atoms with Gasteiger partial charge in [0.25, 0.3) is 0 Å². The lowest BCUT2D eigenvalue weighted by Gasteiger charge is -2.29. The van der Waals surface area contributed by atoms with Crippen molar-refractivity contribution in [3.63, 3.8) is 0 Å². The van der Waals surface area contributed by atoms with Gasteiger partial charge in [0.1, 0.15) is 11.6 Å². The second kappa shape index (κ2) is 8.95. The van der Waals surface area contributed by atoms with E-state index in [1.165, 1.54) is 18.2 Å². The van der Waals surface area contributed by atoms with E-state index in [0.717, 1.165) is 22.3 Å². The molecule has 0 radical (unpaired) electrons. The molecular weight excluding hydrogens is 432 g/mol. The molecule has 168 valence electrons. The summed E-state index contributed by atoms with van der Waals surface area (Å²) in [5.41, 5.74) is 2.02. The predicted octanol–water partition coefficient (Wildman–Crippen LogP) is 4.02. The summed E-state index contributed by atoms with van der Waals surface area (Å²) in [6.07, 6.45) is 1.64. The van der Waals surface area contributed by atoms with Crippen molar-refractivity contribution >= 4 is 34.7 Å². The van der Waals surface area contributed by atoms with Gasteiger partial charge in [-0.15, -0.1) is 0 Å². The van der Waals surface area contributed by atoms with Gasteiger partial charge in [0.05, 0.1) is 18.7 Å². The van der Waals surface area contributed by atoms with Crippen LogP contribution in [0.2, 0.25) is 0 Å². The first-order valence-electron chi connectivity index (χ1n) is 10.4. The van der Waals surface area contributed by atoms with Crippen molar-refractivity contribution in [3.8, 4) is 5.75 Å². The number of alkyl halides is 2. The Balaban J connectivity index is 1.53. The quantitative estimate of drug-likeness (QED) is 0.431. The molecule has 2 aliphatic heterocycles. The van der Waals surface area contributed by atoms with Gasteiger partial charge in [-0.25, -0.2) is 14.8 Å². The van der Waals surface area contributed by atoms with E-state index in [1.54, 1.807) is 12.1 Å². The van der Waals surface area contributed by atoms with E-state index in [-0.39, 0.29) is 17.3 Å². The van der Waals surface area contributed by atoms with E-state index in [1.807, 2.05) is 30.3 Å². The summed E-state index contributed by atoms with van der Waals surface area (Å²) in [5.74, 6) is 0.0687. The molecule has 1 aromatic heterocycles. The molecule has 0 aliphatic carbocycles. The van der Waals surface area contributed by atoms with Gasteiger partial charge in [-0.2, -0.15) is 8.78 Å². The van der Waals surface area contributed by atoms with Crippen molar-refractivity contribution in [2.75, 3.05) is 31.2 Å². The van der Waals surface area contributed by atoms with Crippen molar-refractivity contribution in [3.05, 3.63) is 71.4 Å². The van der Waals surface area contributed by atoms with Crippen molar-refractivity contribution in [2.24, 2.45) is 4.99 Å². The normalized spacial score (nSPS) is 17.5.